The average molecular weight is 369 g/mol. The van der Waals surface area contributed by atoms with Gasteiger partial charge in [-0.3, -0.25) is 9.69 Å². The highest BCUT2D eigenvalue weighted by Crippen LogP contribution is 2.24. The topological polar surface area (TPSA) is 67.6 Å². The van der Waals surface area contributed by atoms with Crippen molar-refractivity contribution in [1.29, 1.82) is 0 Å². The first-order valence-corrected chi connectivity index (χ1v) is 9.86. The Hall–Kier alpha value is -2.18. The van der Waals surface area contributed by atoms with Crippen LogP contribution in [0.1, 0.15) is 52.1 Å². The van der Waals surface area contributed by atoms with Crippen molar-refractivity contribution in [3.05, 3.63) is 52.7 Å². The van der Waals surface area contributed by atoms with Gasteiger partial charge in [0.25, 0.3) is 5.91 Å². The molecular formula is C21H27N3O3. The molecule has 0 spiro atoms. The number of carbonyl (C=O) groups excluding carboxylic acids is 1. The van der Waals surface area contributed by atoms with Gasteiger partial charge in [-0.25, -0.2) is 4.98 Å². The standard InChI is InChI=1S/C21H27N3O3/c1-15-6-9-20(27-15)19(24-10-12-26-13-11-24)14-22-21(25)18-8-7-16-4-2-3-5-17(16)23-18/h6-9,19H,2-5,10-14H2,1H3,(H,22,25). The molecule has 1 N–H and O–H groups in total. The van der Waals surface area contributed by atoms with Crippen LogP contribution in [-0.4, -0.2) is 48.6 Å². The number of nitrogens with zero attached hydrogens (tertiary/aromatic N) is 2. The molecule has 0 radical (unpaired) electrons. The van der Waals surface area contributed by atoms with Gasteiger partial charge in [0.05, 0.1) is 19.3 Å². The molecule has 0 bridgehead atoms. The van der Waals surface area contributed by atoms with Crippen molar-refractivity contribution in [2.24, 2.45) is 0 Å². The molecule has 2 aromatic heterocycles. The van der Waals surface area contributed by atoms with Crippen molar-refractivity contribution in [3.8, 4) is 0 Å². The molecule has 1 saturated heterocycles. The number of hydrogen-bond donors (Lipinski definition) is 1. The van der Waals surface area contributed by atoms with Gasteiger partial charge in [-0.2, -0.15) is 0 Å². The second kappa shape index (κ2) is 8.23. The molecule has 1 aliphatic heterocycles. The summed E-state index contributed by atoms with van der Waals surface area (Å²) in [5, 5.41) is 3.07. The van der Waals surface area contributed by atoms with Crippen LogP contribution in [0.4, 0.5) is 0 Å². The number of fused-ring (bicyclic) bond motifs is 1. The zero-order chi connectivity index (χ0) is 18.6. The van der Waals surface area contributed by atoms with Gasteiger partial charge in [0, 0.05) is 25.3 Å². The first-order valence-electron chi connectivity index (χ1n) is 9.86. The Morgan fingerprint density at radius 3 is 2.78 bits per heavy atom. The minimum absolute atomic E-state index is 0.00387. The van der Waals surface area contributed by atoms with Gasteiger partial charge in [0.15, 0.2) is 0 Å². The summed E-state index contributed by atoms with van der Waals surface area (Å²) in [5.41, 5.74) is 2.88. The molecule has 1 fully saturated rings. The Morgan fingerprint density at radius 2 is 2.00 bits per heavy atom. The lowest BCUT2D eigenvalue weighted by molar-refractivity contribution is 0.0117. The van der Waals surface area contributed by atoms with Crippen molar-refractivity contribution >= 4 is 5.91 Å². The van der Waals surface area contributed by atoms with Crippen LogP contribution in [0.25, 0.3) is 0 Å². The SMILES string of the molecule is Cc1ccc(C(CNC(=O)c2ccc3c(n2)CCCC3)N2CCOCC2)o1. The predicted molar refractivity (Wildman–Crippen MR) is 102 cm³/mol. The third-order valence-electron chi connectivity index (χ3n) is 5.44. The van der Waals surface area contributed by atoms with E-state index >= 15 is 0 Å². The number of pyridine rings is 1. The number of rotatable bonds is 5. The first-order chi connectivity index (χ1) is 13.2. The molecule has 6 nitrogen and oxygen atoms in total. The molecule has 6 heteroatoms. The van der Waals surface area contributed by atoms with Crippen molar-refractivity contribution in [1.82, 2.24) is 15.2 Å². The maximum atomic E-state index is 12.7. The molecule has 144 valence electrons. The van der Waals surface area contributed by atoms with Gasteiger partial charge in [-0.15, -0.1) is 0 Å². The summed E-state index contributed by atoms with van der Waals surface area (Å²) in [7, 11) is 0. The summed E-state index contributed by atoms with van der Waals surface area (Å²) >= 11 is 0. The number of furan rings is 1. The molecule has 1 amide bonds. The van der Waals surface area contributed by atoms with Crippen LogP contribution in [-0.2, 0) is 17.6 Å². The number of nitrogens with one attached hydrogen (secondary N) is 1. The van der Waals surface area contributed by atoms with E-state index in [2.05, 4.69) is 21.3 Å². The minimum Gasteiger partial charge on any atom is -0.465 e. The summed E-state index contributed by atoms with van der Waals surface area (Å²) in [6, 6.07) is 7.88. The molecule has 27 heavy (non-hydrogen) atoms. The Bertz CT molecular complexity index is 796. The molecule has 0 aromatic carbocycles. The normalized spacial score (nSPS) is 18.7. The van der Waals surface area contributed by atoms with Crippen LogP contribution >= 0.6 is 0 Å². The smallest absolute Gasteiger partial charge is 0.269 e. The number of carbonyl (C=O) groups is 1. The Morgan fingerprint density at radius 1 is 1.19 bits per heavy atom. The van der Waals surface area contributed by atoms with Crippen LogP contribution in [0.15, 0.2) is 28.7 Å². The zero-order valence-electron chi connectivity index (χ0n) is 15.9. The van der Waals surface area contributed by atoms with E-state index in [0.29, 0.717) is 25.5 Å². The second-order valence-corrected chi connectivity index (χ2v) is 7.33. The predicted octanol–water partition coefficient (Wildman–Crippen LogP) is 2.67. The lowest BCUT2D eigenvalue weighted by Gasteiger charge is -2.33. The van der Waals surface area contributed by atoms with Crippen LogP contribution < -0.4 is 5.32 Å². The highest BCUT2D eigenvalue weighted by molar-refractivity contribution is 5.92. The van der Waals surface area contributed by atoms with Crippen molar-refractivity contribution in [2.45, 2.75) is 38.6 Å². The van der Waals surface area contributed by atoms with Gasteiger partial charge >= 0.3 is 0 Å². The molecule has 1 aliphatic carbocycles. The van der Waals surface area contributed by atoms with E-state index in [9.17, 15) is 4.79 Å². The van der Waals surface area contributed by atoms with Crippen LogP contribution in [0.3, 0.4) is 0 Å². The lowest BCUT2D eigenvalue weighted by atomic mass is 9.96. The highest BCUT2D eigenvalue weighted by Gasteiger charge is 2.26. The van der Waals surface area contributed by atoms with Crippen molar-refractivity contribution in [2.75, 3.05) is 32.8 Å². The quantitative estimate of drug-likeness (QED) is 0.878. The summed E-state index contributed by atoms with van der Waals surface area (Å²) in [4.78, 5) is 19.6. The maximum Gasteiger partial charge on any atom is 0.269 e. The summed E-state index contributed by atoms with van der Waals surface area (Å²) in [6.07, 6.45) is 4.41. The fraction of sp³-hybridized carbons (Fsp3) is 0.524. The van der Waals surface area contributed by atoms with E-state index in [1.807, 2.05) is 25.1 Å². The number of aromatic nitrogens is 1. The van der Waals surface area contributed by atoms with Gasteiger partial charge in [0.1, 0.15) is 17.2 Å². The summed E-state index contributed by atoms with van der Waals surface area (Å²) in [6.45, 7) is 5.50. The fourth-order valence-electron chi connectivity index (χ4n) is 3.92. The molecule has 3 heterocycles. The molecule has 0 saturated carbocycles. The van der Waals surface area contributed by atoms with E-state index in [1.54, 1.807) is 0 Å². The minimum atomic E-state index is -0.120. The largest absolute Gasteiger partial charge is 0.465 e. The maximum absolute atomic E-state index is 12.7. The van der Waals surface area contributed by atoms with Crippen molar-refractivity contribution < 1.29 is 13.9 Å². The van der Waals surface area contributed by atoms with E-state index in [1.165, 1.54) is 12.0 Å². The third kappa shape index (κ3) is 4.22. The third-order valence-corrected chi connectivity index (χ3v) is 5.44. The van der Waals surface area contributed by atoms with Crippen LogP contribution in [0.5, 0.6) is 0 Å². The lowest BCUT2D eigenvalue weighted by Crippen LogP contribution is -2.43. The molecule has 4 rings (SSSR count). The number of amides is 1. The van der Waals surface area contributed by atoms with Gasteiger partial charge in [0.2, 0.25) is 0 Å². The molecule has 1 unspecified atom stereocenters. The Balaban J connectivity index is 1.46. The Labute approximate surface area is 159 Å². The van der Waals surface area contributed by atoms with Gasteiger partial charge < -0.3 is 14.5 Å². The van der Waals surface area contributed by atoms with Gasteiger partial charge in [-0.05, 0) is 56.4 Å². The van der Waals surface area contributed by atoms with Crippen LogP contribution in [0.2, 0.25) is 0 Å². The number of aryl methyl sites for hydroxylation is 3. The highest BCUT2D eigenvalue weighted by atomic mass is 16.5. The van der Waals surface area contributed by atoms with Crippen LogP contribution in [0, 0.1) is 6.92 Å². The van der Waals surface area contributed by atoms with Crippen molar-refractivity contribution in [3.63, 3.8) is 0 Å². The fourth-order valence-corrected chi connectivity index (χ4v) is 3.92. The van der Waals surface area contributed by atoms with E-state index < -0.39 is 0 Å². The molecule has 2 aliphatic rings. The van der Waals surface area contributed by atoms with E-state index in [4.69, 9.17) is 9.15 Å². The van der Waals surface area contributed by atoms with E-state index in [-0.39, 0.29) is 11.9 Å². The first kappa shape index (κ1) is 18.2. The Kier molecular flexibility index (Phi) is 5.55. The number of morpholine rings is 1. The van der Waals surface area contributed by atoms with Gasteiger partial charge in [-0.1, -0.05) is 6.07 Å². The zero-order valence-corrected chi connectivity index (χ0v) is 15.9. The monoisotopic (exact) mass is 369 g/mol. The molecule has 2 aromatic rings. The summed E-state index contributed by atoms with van der Waals surface area (Å²) in [5.74, 6) is 1.64. The number of ether oxygens (including phenoxy) is 1. The molecular weight excluding hydrogens is 342 g/mol. The van der Waals surface area contributed by atoms with E-state index in [0.717, 1.165) is 49.6 Å². The number of hydrogen-bond acceptors (Lipinski definition) is 5. The summed E-state index contributed by atoms with van der Waals surface area (Å²) < 4.78 is 11.3. The molecule has 1 atom stereocenters. The average Bonchev–Trinajstić information content (AvgIpc) is 3.14. The second-order valence-electron chi connectivity index (χ2n) is 7.33.